The number of amides is 1. The van der Waals surface area contributed by atoms with Crippen LogP contribution in [0.4, 0.5) is 5.69 Å². The summed E-state index contributed by atoms with van der Waals surface area (Å²) in [5.41, 5.74) is 2.78. The molecule has 1 aromatic carbocycles. The number of nitrogens with one attached hydrogen (secondary N) is 1. The van der Waals surface area contributed by atoms with Crippen molar-refractivity contribution in [3.05, 3.63) is 60.6 Å². The normalized spacial score (nSPS) is 14.8. The van der Waals surface area contributed by atoms with Crippen LogP contribution in [0.3, 0.4) is 0 Å². The Morgan fingerprint density at radius 2 is 2.17 bits per heavy atom. The number of rotatable bonds is 4. The van der Waals surface area contributed by atoms with Crippen LogP contribution in [0.2, 0.25) is 0 Å². The van der Waals surface area contributed by atoms with E-state index in [1.807, 2.05) is 55.3 Å². The standard InChI is InChI=1S/C18H19N3O2S/c1-12(16-9-6-10-23-16)19-17(22)11-24-18-20-15-8-5-4-7-14(15)13(2)21(18)3/h4-10,12H,2,11H2,1,3H3,(H,19,22). The van der Waals surface area contributed by atoms with E-state index in [0.29, 0.717) is 0 Å². The van der Waals surface area contributed by atoms with Crippen molar-refractivity contribution in [2.24, 2.45) is 4.99 Å². The first-order valence-electron chi connectivity index (χ1n) is 7.62. The molecule has 124 valence electrons. The molecule has 3 rings (SSSR count). The van der Waals surface area contributed by atoms with Crippen LogP contribution in [-0.2, 0) is 4.79 Å². The van der Waals surface area contributed by atoms with E-state index in [4.69, 9.17) is 4.42 Å². The molecular weight excluding hydrogens is 322 g/mol. The Balaban J connectivity index is 1.63. The molecule has 1 amide bonds. The van der Waals surface area contributed by atoms with Gasteiger partial charge in [-0.2, -0.15) is 0 Å². The van der Waals surface area contributed by atoms with Crippen LogP contribution in [0, 0.1) is 0 Å². The number of hydrogen-bond acceptors (Lipinski definition) is 5. The maximum Gasteiger partial charge on any atom is 0.231 e. The number of para-hydroxylation sites is 1. The highest BCUT2D eigenvalue weighted by molar-refractivity contribution is 8.14. The van der Waals surface area contributed by atoms with Gasteiger partial charge in [0, 0.05) is 18.3 Å². The zero-order chi connectivity index (χ0) is 17.1. The average Bonchev–Trinajstić information content (AvgIpc) is 3.11. The minimum Gasteiger partial charge on any atom is -0.467 e. The van der Waals surface area contributed by atoms with Gasteiger partial charge in [0.15, 0.2) is 5.17 Å². The number of benzene rings is 1. The SMILES string of the molecule is C=C1c2ccccc2N=C(SCC(=O)NC(C)c2ccco2)N1C. The maximum absolute atomic E-state index is 12.2. The molecular formula is C18H19N3O2S. The summed E-state index contributed by atoms with van der Waals surface area (Å²) in [4.78, 5) is 18.7. The molecule has 0 aliphatic carbocycles. The second kappa shape index (κ2) is 6.97. The number of nitrogens with zero attached hydrogens (tertiary/aromatic N) is 2. The quantitative estimate of drug-likeness (QED) is 0.919. The van der Waals surface area contributed by atoms with Crippen molar-refractivity contribution < 1.29 is 9.21 Å². The molecule has 0 saturated carbocycles. The molecule has 1 aromatic heterocycles. The van der Waals surface area contributed by atoms with E-state index in [2.05, 4.69) is 16.9 Å². The smallest absolute Gasteiger partial charge is 0.231 e. The minimum atomic E-state index is -0.158. The summed E-state index contributed by atoms with van der Waals surface area (Å²) >= 11 is 1.39. The average molecular weight is 341 g/mol. The van der Waals surface area contributed by atoms with Crippen molar-refractivity contribution >= 4 is 34.2 Å². The van der Waals surface area contributed by atoms with Gasteiger partial charge < -0.3 is 14.6 Å². The van der Waals surface area contributed by atoms with Gasteiger partial charge in [-0.25, -0.2) is 4.99 Å². The molecule has 1 aliphatic rings. The predicted molar refractivity (Wildman–Crippen MR) is 98.1 cm³/mol. The lowest BCUT2D eigenvalue weighted by molar-refractivity contribution is -0.119. The Labute approximate surface area is 145 Å². The monoisotopic (exact) mass is 341 g/mol. The van der Waals surface area contributed by atoms with Crippen LogP contribution < -0.4 is 5.32 Å². The molecule has 0 saturated heterocycles. The van der Waals surface area contributed by atoms with E-state index < -0.39 is 0 Å². The van der Waals surface area contributed by atoms with Crippen molar-refractivity contribution in [3.63, 3.8) is 0 Å². The Bertz CT molecular complexity index is 783. The number of aliphatic imine (C=N–C) groups is 1. The van der Waals surface area contributed by atoms with Gasteiger partial charge in [-0.1, -0.05) is 36.5 Å². The molecule has 0 fully saturated rings. The van der Waals surface area contributed by atoms with E-state index in [0.717, 1.165) is 27.9 Å². The third kappa shape index (κ3) is 3.38. The number of fused-ring (bicyclic) bond motifs is 1. The second-order valence-electron chi connectivity index (χ2n) is 5.51. The molecule has 0 bridgehead atoms. The third-order valence-corrected chi connectivity index (χ3v) is 4.83. The largest absolute Gasteiger partial charge is 0.467 e. The number of carbonyl (C=O) groups is 1. The summed E-state index contributed by atoms with van der Waals surface area (Å²) < 4.78 is 5.30. The van der Waals surface area contributed by atoms with Crippen molar-refractivity contribution in [3.8, 4) is 0 Å². The van der Waals surface area contributed by atoms with Crippen molar-refractivity contribution in [1.82, 2.24) is 10.2 Å². The summed E-state index contributed by atoms with van der Waals surface area (Å²) in [7, 11) is 1.91. The van der Waals surface area contributed by atoms with Crippen LogP contribution in [0.25, 0.3) is 5.70 Å². The van der Waals surface area contributed by atoms with Gasteiger partial charge in [-0.05, 0) is 25.1 Å². The molecule has 6 heteroatoms. The Hall–Kier alpha value is -2.47. The first-order chi connectivity index (χ1) is 11.6. The lowest BCUT2D eigenvalue weighted by atomic mass is 10.1. The van der Waals surface area contributed by atoms with E-state index >= 15 is 0 Å². The van der Waals surface area contributed by atoms with Gasteiger partial charge in [0.05, 0.1) is 23.7 Å². The van der Waals surface area contributed by atoms with Gasteiger partial charge in [-0.15, -0.1) is 0 Å². The molecule has 1 aliphatic heterocycles. The number of carbonyl (C=O) groups excluding carboxylic acids is 1. The number of thioether (sulfide) groups is 1. The van der Waals surface area contributed by atoms with Crippen LogP contribution in [0.1, 0.15) is 24.3 Å². The van der Waals surface area contributed by atoms with Crippen molar-refractivity contribution in [1.29, 1.82) is 0 Å². The highest BCUT2D eigenvalue weighted by atomic mass is 32.2. The minimum absolute atomic E-state index is 0.0653. The maximum atomic E-state index is 12.2. The van der Waals surface area contributed by atoms with E-state index in [1.165, 1.54) is 11.8 Å². The fraction of sp³-hybridized carbons (Fsp3) is 0.222. The fourth-order valence-corrected chi connectivity index (χ4v) is 3.25. The van der Waals surface area contributed by atoms with Crippen molar-refractivity contribution in [2.45, 2.75) is 13.0 Å². The van der Waals surface area contributed by atoms with Crippen molar-refractivity contribution in [2.75, 3.05) is 12.8 Å². The van der Waals surface area contributed by atoms with Crippen LogP contribution in [0.15, 0.2) is 58.6 Å². The molecule has 2 heterocycles. The summed E-state index contributed by atoms with van der Waals surface area (Å²) in [6.07, 6.45) is 1.60. The molecule has 1 atom stereocenters. The lowest BCUT2D eigenvalue weighted by Crippen LogP contribution is -2.31. The topological polar surface area (TPSA) is 57.8 Å². The zero-order valence-electron chi connectivity index (χ0n) is 13.7. The first kappa shape index (κ1) is 16.4. The van der Waals surface area contributed by atoms with E-state index in [9.17, 15) is 4.79 Å². The molecule has 5 nitrogen and oxygen atoms in total. The number of furan rings is 1. The predicted octanol–water partition coefficient (Wildman–Crippen LogP) is 3.79. The van der Waals surface area contributed by atoms with Gasteiger partial charge in [0.1, 0.15) is 5.76 Å². The Morgan fingerprint density at radius 1 is 1.38 bits per heavy atom. The Kier molecular flexibility index (Phi) is 4.76. The first-order valence-corrected chi connectivity index (χ1v) is 8.61. The molecule has 1 unspecified atom stereocenters. The highest BCUT2D eigenvalue weighted by Gasteiger charge is 2.21. The summed E-state index contributed by atoms with van der Waals surface area (Å²) in [6, 6.07) is 11.4. The summed E-state index contributed by atoms with van der Waals surface area (Å²) in [5, 5.41) is 3.68. The highest BCUT2D eigenvalue weighted by Crippen LogP contribution is 2.34. The summed E-state index contributed by atoms with van der Waals surface area (Å²) in [6.45, 7) is 6.01. The molecule has 24 heavy (non-hydrogen) atoms. The molecule has 1 N–H and O–H groups in total. The van der Waals surface area contributed by atoms with E-state index in [-0.39, 0.29) is 17.7 Å². The molecule has 2 aromatic rings. The van der Waals surface area contributed by atoms with Gasteiger partial charge in [-0.3, -0.25) is 4.79 Å². The second-order valence-corrected chi connectivity index (χ2v) is 6.45. The Morgan fingerprint density at radius 3 is 2.92 bits per heavy atom. The van der Waals surface area contributed by atoms with Crippen LogP contribution in [0.5, 0.6) is 0 Å². The van der Waals surface area contributed by atoms with Gasteiger partial charge >= 0.3 is 0 Å². The lowest BCUT2D eigenvalue weighted by Gasteiger charge is -2.28. The number of hydrogen-bond donors (Lipinski definition) is 1. The number of amidine groups is 1. The van der Waals surface area contributed by atoms with E-state index in [1.54, 1.807) is 6.26 Å². The van der Waals surface area contributed by atoms with Gasteiger partial charge in [0.25, 0.3) is 0 Å². The van der Waals surface area contributed by atoms with Crippen LogP contribution in [-0.4, -0.2) is 28.8 Å². The molecule has 0 radical (unpaired) electrons. The van der Waals surface area contributed by atoms with Crippen LogP contribution >= 0.6 is 11.8 Å². The fourth-order valence-electron chi connectivity index (χ4n) is 2.44. The molecule has 0 spiro atoms. The zero-order valence-corrected chi connectivity index (χ0v) is 14.5. The van der Waals surface area contributed by atoms with Gasteiger partial charge in [0.2, 0.25) is 5.91 Å². The third-order valence-electron chi connectivity index (χ3n) is 3.80. The summed E-state index contributed by atoms with van der Waals surface area (Å²) in [5.74, 6) is 0.955.